The number of rotatable bonds is 9. The van der Waals surface area contributed by atoms with E-state index in [1.165, 1.54) is 12.1 Å². The summed E-state index contributed by atoms with van der Waals surface area (Å²) in [5.74, 6) is 0.854. The number of aromatic amines is 1. The lowest BCUT2D eigenvalue weighted by Crippen LogP contribution is -1.94. The van der Waals surface area contributed by atoms with Gasteiger partial charge in [-0.3, -0.25) is 4.79 Å². The molecule has 3 nitrogen and oxygen atoms in total. The van der Waals surface area contributed by atoms with Gasteiger partial charge in [0.15, 0.2) is 0 Å². The van der Waals surface area contributed by atoms with Crippen LogP contribution in [0.25, 0.3) is 11.4 Å². The van der Waals surface area contributed by atoms with Gasteiger partial charge in [0.1, 0.15) is 22.0 Å². The number of nitrogens with one attached hydrogen (secondary N) is 1. The SMILES string of the molecule is CCC(=O)CCCCCCc1[nH]c(-c2ccc(F)cc2)nc1Br. The number of carbonyl (C=O) groups is 1. The lowest BCUT2D eigenvalue weighted by atomic mass is 10.1. The summed E-state index contributed by atoms with van der Waals surface area (Å²) in [6.45, 7) is 1.91. The fourth-order valence-electron chi connectivity index (χ4n) is 2.45. The summed E-state index contributed by atoms with van der Waals surface area (Å²) < 4.78 is 13.8. The number of hydrogen-bond donors (Lipinski definition) is 1. The number of H-pyrrole nitrogens is 1. The zero-order valence-electron chi connectivity index (χ0n) is 13.4. The van der Waals surface area contributed by atoms with Gasteiger partial charge >= 0.3 is 0 Å². The second kappa shape index (κ2) is 8.96. The zero-order valence-corrected chi connectivity index (χ0v) is 15.0. The Morgan fingerprint density at radius 2 is 1.87 bits per heavy atom. The van der Waals surface area contributed by atoms with E-state index in [-0.39, 0.29) is 5.82 Å². The molecule has 0 saturated heterocycles. The molecule has 0 unspecified atom stereocenters. The van der Waals surface area contributed by atoms with Crippen LogP contribution in [0.15, 0.2) is 28.9 Å². The Labute approximate surface area is 144 Å². The van der Waals surface area contributed by atoms with E-state index in [1.807, 2.05) is 6.92 Å². The lowest BCUT2D eigenvalue weighted by Gasteiger charge is -2.01. The van der Waals surface area contributed by atoms with Crippen LogP contribution in [0.5, 0.6) is 0 Å². The van der Waals surface area contributed by atoms with E-state index in [0.717, 1.165) is 53.8 Å². The molecular weight excluding hydrogens is 359 g/mol. The molecule has 0 amide bonds. The maximum absolute atomic E-state index is 13.0. The molecule has 1 N–H and O–H groups in total. The van der Waals surface area contributed by atoms with Crippen LogP contribution in [0, 0.1) is 5.82 Å². The average molecular weight is 381 g/mol. The first-order valence-corrected chi connectivity index (χ1v) is 8.91. The molecule has 0 bridgehead atoms. The van der Waals surface area contributed by atoms with Crippen molar-refractivity contribution in [2.75, 3.05) is 0 Å². The van der Waals surface area contributed by atoms with Crippen molar-refractivity contribution in [1.29, 1.82) is 0 Å². The highest BCUT2D eigenvalue weighted by Crippen LogP contribution is 2.23. The van der Waals surface area contributed by atoms with E-state index in [4.69, 9.17) is 0 Å². The Bertz CT molecular complexity index is 637. The van der Waals surface area contributed by atoms with Crippen LogP contribution in [-0.4, -0.2) is 15.8 Å². The molecule has 0 atom stereocenters. The van der Waals surface area contributed by atoms with E-state index >= 15 is 0 Å². The second-order valence-corrected chi connectivity index (χ2v) is 6.42. The summed E-state index contributed by atoms with van der Waals surface area (Å²) in [5.41, 5.74) is 1.94. The third kappa shape index (κ3) is 5.57. The Balaban J connectivity index is 1.80. The molecule has 1 aromatic carbocycles. The number of imidazole rings is 1. The van der Waals surface area contributed by atoms with Crippen molar-refractivity contribution >= 4 is 21.7 Å². The van der Waals surface area contributed by atoms with Gasteiger partial charge in [-0.1, -0.05) is 19.8 Å². The van der Waals surface area contributed by atoms with Crippen molar-refractivity contribution in [2.45, 2.75) is 51.9 Å². The van der Waals surface area contributed by atoms with E-state index < -0.39 is 0 Å². The molecule has 0 aliphatic carbocycles. The largest absolute Gasteiger partial charge is 0.341 e. The van der Waals surface area contributed by atoms with Gasteiger partial charge < -0.3 is 4.98 Å². The van der Waals surface area contributed by atoms with Crippen molar-refractivity contribution in [3.8, 4) is 11.4 Å². The minimum atomic E-state index is -0.249. The first kappa shape index (κ1) is 17.9. The molecule has 23 heavy (non-hydrogen) atoms. The standard InChI is InChI=1S/C18H22BrFN2O/c1-2-15(23)7-5-3-4-6-8-16-17(19)22-18(21-16)13-9-11-14(20)12-10-13/h9-12H,2-8H2,1H3,(H,21,22). The number of carbonyl (C=O) groups excluding carboxylic acids is 1. The topological polar surface area (TPSA) is 45.8 Å². The minimum Gasteiger partial charge on any atom is -0.341 e. The summed E-state index contributed by atoms with van der Waals surface area (Å²) >= 11 is 3.48. The number of Topliss-reactive ketones (excluding diaryl/α,β-unsaturated/α-hetero) is 1. The zero-order chi connectivity index (χ0) is 16.7. The quantitative estimate of drug-likeness (QED) is 0.587. The van der Waals surface area contributed by atoms with Crippen LogP contribution < -0.4 is 0 Å². The van der Waals surface area contributed by atoms with E-state index in [1.54, 1.807) is 12.1 Å². The van der Waals surface area contributed by atoms with Gasteiger partial charge in [0, 0.05) is 24.1 Å². The molecule has 2 rings (SSSR count). The van der Waals surface area contributed by atoms with Gasteiger partial charge in [0.05, 0.1) is 0 Å². The number of aromatic nitrogens is 2. The number of unbranched alkanes of at least 4 members (excludes halogenated alkanes) is 3. The molecule has 1 aromatic heterocycles. The minimum absolute atomic E-state index is 0.249. The monoisotopic (exact) mass is 380 g/mol. The van der Waals surface area contributed by atoms with Crippen molar-refractivity contribution in [1.82, 2.24) is 9.97 Å². The fourth-order valence-corrected chi connectivity index (χ4v) is 2.93. The van der Waals surface area contributed by atoms with Crippen molar-refractivity contribution in [3.63, 3.8) is 0 Å². The smallest absolute Gasteiger partial charge is 0.138 e. The van der Waals surface area contributed by atoms with Crippen LogP contribution in [0.3, 0.4) is 0 Å². The number of nitrogens with zero attached hydrogens (tertiary/aromatic N) is 1. The van der Waals surface area contributed by atoms with Crippen LogP contribution in [-0.2, 0) is 11.2 Å². The number of hydrogen-bond acceptors (Lipinski definition) is 2. The normalized spacial score (nSPS) is 10.9. The molecular formula is C18H22BrFN2O. The summed E-state index contributed by atoms with van der Waals surface area (Å²) in [7, 11) is 0. The molecule has 0 aliphatic heterocycles. The summed E-state index contributed by atoms with van der Waals surface area (Å²) in [6, 6.07) is 6.30. The molecule has 5 heteroatoms. The maximum atomic E-state index is 13.0. The van der Waals surface area contributed by atoms with Gasteiger partial charge in [-0.2, -0.15) is 0 Å². The maximum Gasteiger partial charge on any atom is 0.138 e. The highest BCUT2D eigenvalue weighted by atomic mass is 79.9. The Kier molecular flexibility index (Phi) is 6.96. The Morgan fingerprint density at radius 3 is 2.57 bits per heavy atom. The molecule has 0 aliphatic rings. The Morgan fingerprint density at radius 1 is 1.17 bits per heavy atom. The molecule has 0 radical (unpaired) electrons. The van der Waals surface area contributed by atoms with Crippen LogP contribution in [0.4, 0.5) is 4.39 Å². The fraction of sp³-hybridized carbons (Fsp3) is 0.444. The summed E-state index contributed by atoms with van der Waals surface area (Å²) in [6.07, 6.45) is 6.50. The number of aryl methyl sites for hydroxylation is 1. The number of ketones is 1. The highest BCUT2D eigenvalue weighted by Gasteiger charge is 2.09. The number of halogens is 2. The molecule has 2 aromatic rings. The Hall–Kier alpha value is -1.49. The first-order valence-electron chi connectivity index (χ1n) is 8.12. The van der Waals surface area contributed by atoms with Crippen LogP contribution in [0.1, 0.15) is 51.1 Å². The van der Waals surface area contributed by atoms with Crippen LogP contribution >= 0.6 is 15.9 Å². The first-order chi connectivity index (χ1) is 11.1. The predicted octanol–water partition coefficient (Wildman–Crippen LogP) is 5.45. The number of benzene rings is 1. The van der Waals surface area contributed by atoms with Gasteiger partial charge in [-0.15, -0.1) is 0 Å². The summed E-state index contributed by atoms with van der Waals surface area (Å²) in [4.78, 5) is 19.0. The third-order valence-electron chi connectivity index (χ3n) is 3.87. The van der Waals surface area contributed by atoms with Crippen molar-refractivity contribution in [2.24, 2.45) is 0 Å². The van der Waals surface area contributed by atoms with E-state index in [9.17, 15) is 9.18 Å². The van der Waals surface area contributed by atoms with Gasteiger partial charge in [-0.25, -0.2) is 9.37 Å². The van der Waals surface area contributed by atoms with Crippen molar-refractivity contribution in [3.05, 3.63) is 40.4 Å². The van der Waals surface area contributed by atoms with Gasteiger partial charge in [-0.05, 0) is 59.5 Å². The van der Waals surface area contributed by atoms with Gasteiger partial charge in [0.25, 0.3) is 0 Å². The predicted molar refractivity (Wildman–Crippen MR) is 93.8 cm³/mol. The van der Waals surface area contributed by atoms with Crippen molar-refractivity contribution < 1.29 is 9.18 Å². The van der Waals surface area contributed by atoms with Gasteiger partial charge in [0.2, 0.25) is 0 Å². The lowest BCUT2D eigenvalue weighted by molar-refractivity contribution is -0.118. The molecule has 1 heterocycles. The molecule has 0 saturated carbocycles. The van der Waals surface area contributed by atoms with E-state index in [0.29, 0.717) is 18.6 Å². The summed E-state index contributed by atoms with van der Waals surface area (Å²) in [5, 5.41) is 0. The molecule has 124 valence electrons. The van der Waals surface area contributed by atoms with E-state index in [2.05, 4.69) is 25.9 Å². The molecule has 0 spiro atoms. The van der Waals surface area contributed by atoms with Crippen LogP contribution in [0.2, 0.25) is 0 Å². The average Bonchev–Trinajstić information content (AvgIpc) is 2.92. The molecule has 0 fully saturated rings. The third-order valence-corrected chi connectivity index (χ3v) is 4.53. The highest BCUT2D eigenvalue weighted by molar-refractivity contribution is 9.10. The second-order valence-electron chi connectivity index (χ2n) is 5.67.